The van der Waals surface area contributed by atoms with Gasteiger partial charge in [-0.25, -0.2) is 10.2 Å². The van der Waals surface area contributed by atoms with Crippen LogP contribution in [0.25, 0.3) is 5.70 Å². The van der Waals surface area contributed by atoms with Crippen molar-refractivity contribution in [2.24, 2.45) is 0 Å². The lowest BCUT2D eigenvalue weighted by molar-refractivity contribution is 0.178. The van der Waals surface area contributed by atoms with Gasteiger partial charge in [0.2, 0.25) is 0 Å². The molecule has 1 aliphatic heterocycles. The van der Waals surface area contributed by atoms with Gasteiger partial charge < -0.3 is 4.74 Å². The number of ether oxygens (including phenoxy) is 1. The topological polar surface area (TPSA) is 50.4 Å². The predicted molar refractivity (Wildman–Crippen MR) is 47.2 cm³/mol. The molecule has 4 nitrogen and oxygen atoms in total. The molecule has 0 saturated carbocycles. The van der Waals surface area contributed by atoms with Crippen LogP contribution in [-0.4, -0.2) is 6.09 Å². The van der Waals surface area contributed by atoms with Crippen molar-refractivity contribution in [1.82, 2.24) is 10.9 Å². The summed E-state index contributed by atoms with van der Waals surface area (Å²) >= 11 is 0. The van der Waals surface area contributed by atoms with Crippen LogP contribution in [0.1, 0.15) is 5.56 Å². The lowest BCUT2D eigenvalue weighted by Gasteiger charge is -2.15. The number of hydrogen-bond donors (Lipinski definition) is 2. The van der Waals surface area contributed by atoms with Gasteiger partial charge in [0.25, 0.3) is 0 Å². The van der Waals surface area contributed by atoms with Gasteiger partial charge in [0, 0.05) is 5.56 Å². The minimum atomic E-state index is -0.500. The molecule has 2 rings (SSSR count). The van der Waals surface area contributed by atoms with Crippen LogP contribution >= 0.6 is 0 Å². The lowest BCUT2D eigenvalue weighted by Crippen LogP contribution is -2.39. The molecule has 0 fully saturated rings. The lowest BCUT2D eigenvalue weighted by atomic mass is 10.2. The molecule has 1 aromatic carbocycles. The van der Waals surface area contributed by atoms with Crippen molar-refractivity contribution in [2.45, 2.75) is 0 Å². The Morgan fingerprint density at radius 2 is 1.85 bits per heavy atom. The van der Waals surface area contributed by atoms with E-state index in [-0.39, 0.29) is 0 Å². The van der Waals surface area contributed by atoms with Crippen molar-refractivity contribution in [3.05, 3.63) is 42.2 Å². The summed E-state index contributed by atoms with van der Waals surface area (Å²) < 4.78 is 4.67. The van der Waals surface area contributed by atoms with Gasteiger partial charge in [0.15, 0.2) is 0 Å². The van der Waals surface area contributed by atoms with Gasteiger partial charge in [0.1, 0.15) is 6.26 Å². The number of hydrazine groups is 1. The summed E-state index contributed by atoms with van der Waals surface area (Å²) in [6, 6.07) is 9.58. The highest BCUT2D eigenvalue weighted by Crippen LogP contribution is 2.11. The minimum Gasteiger partial charge on any atom is -0.415 e. The first-order chi connectivity index (χ1) is 6.36. The maximum Gasteiger partial charge on any atom is 0.430 e. The number of cyclic esters (lactones) is 1. The molecule has 0 aromatic heterocycles. The Balaban J connectivity index is 2.23. The van der Waals surface area contributed by atoms with Crippen LogP contribution in [0.15, 0.2) is 36.6 Å². The number of hydrogen-bond acceptors (Lipinski definition) is 3. The Labute approximate surface area is 75.2 Å². The average Bonchev–Trinajstić information content (AvgIpc) is 2.20. The summed E-state index contributed by atoms with van der Waals surface area (Å²) in [5.74, 6) is 0. The van der Waals surface area contributed by atoms with Gasteiger partial charge in [-0.3, -0.25) is 5.43 Å². The molecule has 0 atom stereocenters. The third kappa shape index (κ3) is 1.61. The Kier molecular flexibility index (Phi) is 1.88. The van der Waals surface area contributed by atoms with Gasteiger partial charge in [-0.1, -0.05) is 30.3 Å². The first-order valence-corrected chi connectivity index (χ1v) is 3.84. The third-order valence-corrected chi connectivity index (χ3v) is 1.67. The number of amides is 1. The standard InChI is InChI=1S/C9H8N2O2/c12-9-11-10-8(6-13-9)7-4-2-1-3-5-7/h1-6,10H,(H,11,12). The van der Waals surface area contributed by atoms with E-state index in [0.717, 1.165) is 11.3 Å². The minimum absolute atomic E-state index is 0.500. The third-order valence-electron chi connectivity index (χ3n) is 1.67. The molecular weight excluding hydrogens is 168 g/mol. The molecule has 0 radical (unpaired) electrons. The quantitative estimate of drug-likeness (QED) is 0.676. The number of carbonyl (C=O) groups excluding carboxylic acids is 1. The van der Waals surface area contributed by atoms with Gasteiger partial charge in [0.05, 0.1) is 5.70 Å². The zero-order valence-electron chi connectivity index (χ0n) is 6.78. The molecule has 0 spiro atoms. The first kappa shape index (κ1) is 7.67. The number of nitrogens with one attached hydrogen (secondary N) is 2. The number of carbonyl (C=O) groups is 1. The van der Waals surface area contributed by atoms with E-state index in [0.29, 0.717) is 0 Å². The fourth-order valence-corrected chi connectivity index (χ4v) is 1.05. The fraction of sp³-hybridized carbons (Fsp3) is 0. The van der Waals surface area contributed by atoms with Gasteiger partial charge in [-0.2, -0.15) is 0 Å². The van der Waals surface area contributed by atoms with Crippen LogP contribution < -0.4 is 10.9 Å². The molecule has 4 heteroatoms. The van der Waals surface area contributed by atoms with E-state index in [2.05, 4.69) is 15.6 Å². The molecule has 13 heavy (non-hydrogen) atoms. The van der Waals surface area contributed by atoms with Crippen LogP contribution in [0.2, 0.25) is 0 Å². The maximum atomic E-state index is 10.6. The van der Waals surface area contributed by atoms with Crippen molar-refractivity contribution < 1.29 is 9.53 Å². The molecule has 0 saturated heterocycles. The normalized spacial score (nSPS) is 15.1. The van der Waals surface area contributed by atoms with Crippen molar-refractivity contribution in [3.8, 4) is 0 Å². The summed E-state index contributed by atoms with van der Waals surface area (Å²) in [6.07, 6.45) is 0.883. The predicted octanol–water partition coefficient (Wildman–Crippen LogP) is 1.23. The zero-order valence-corrected chi connectivity index (χ0v) is 6.78. The highest BCUT2D eigenvalue weighted by Gasteiger charge is 2.09. The Hall–Kier alpha value is -1.97. The summed E-state index contributed by atoms with van der Waals surface area (Å²) in [7, 11) is 0. The highest BCUT2D eigenvalue weighted by atomic mass is 16.5. The Morgan fingerprint density at radius 1 is 1.08 bits per heavy atom. The first-order valence-electron chi connectivity index (χ1n) is 3.84. The molecule has 1 aliphatic rings. The van der Waals surface area contributed by atoms with Crippen LogP contribution in [0, 0.1) is 0 Å². The second-order valence-corrected chi connectivity index (χ2v) is 2.55. The molecular formula is C9H8N2O2. The zero-order chi connectivity index (χ0) is 9.10. The van der Waals surface area contributed by atoms with Crippen LogP contribution in [0.3, 0.4) is 0 Å². The SMILES string of the molecule is O=C1NNC(c2ccccc2)=CO1. The summed E-state index contributed by atoms with van der Waals surface area (Å²) in [4.78, 5) is 10.6. The fourth-order valence-electron chi connectivity index (χ4n) is 1.05. The molecule has 0 bridgehead atoms. The Morgan fingerprint density at radius 3 is 2.46 bits per heavy atom. The van der Waals surface area contributed by atoms with Crippen LogP contribution in [0.5, 0.6) is 0 Å². The van der Waals surface area contributed by atoms with E-state index >= 15 is 0 Å². The molecule has 1 aromatic rings. The van der Waals surface area contributed by atoms with E-state index in [4.69, 9.17) is 0 Å². The van der Waals surface area contributed by atoms with Crippen molar-refractivity contribution in [2.75, 3.05) is 0 Å². The van der Waals surface area contributed by atoms with E-state index in [1.54, 1.807) is 0 Å². The summed E-state index contributed by atoms with van der Waals surface area (Å²) in [5.41, 5.74) is 6.77. The van der Waals surface area contributed by atoms with Crippen molar-refractivity contribution in [3.63, 3.8) is 0 Å². The smallest absolute Gasteiger partial charge is 0.415 e. The van der Waals surface area contributed by atoms with E-state index in [1.807, 2.05) is 30.3 Å². The van der Waals surface area contributed by atoms with Crippen molar-refractivity contribution >= 4 is 11.8 Å². The molecule has 1 heterocycles. The molecule has 1 amide bonds. The van der Waals surface area contributed by atoms with Crippen LogP contribution in [0.4, 0.5) is 4.79 Å². The van der Waals surface area contributed by atoms with E-state index < -0.39 is 6.09 Å². The maximum absolute atomic E-state index is 10.6. The molecule has 0 unspecified atom stereocenters. The van der Waals surface area contributed by atoms with Gasteiger partial charge >= 0.3 is 6.09 Å². The second-order valence-electron chi connectivity index (χ2n) is 2.55. The summed E-state index contributed by atoms with van der Waals surface area (Å²) in [6.45, 7) is 0. The van der Waals surface area contributed by atoms with Crippen LogP contribution in [-0.2, 0) is 4.74 Å². The average molecular weight is 176 g/mol. The number of benzene rings is 1. The second kappa shape index (κ2) is 3.18. The number of rotatable bonds is 1. The largest absolute Gasteiger partial charge is 0.430 e. The van der Waals surface area contributed by atoms with Gasteiger partial charge in [-0.05, 0) is 0 Å². The van der Waals surface area contributed by atoms with E-state index in [9.17, 15) is 4.79 Å². The highest BCUT2D eigenvalue weighted by molar-refractivity contribution is 5.75. The summed E-state index contributed by atoms with van der Waals surface area (Å²) in [5, 5.41) is 0. The molecule has 66 valence electrons. The molecule has 2 N–H and O–H groups in total. The van der Waals surface area contributed by atoms with Gasteiger partial charge in [-0.15, -0.1) is 0 Å². The monoisotopic (exact) mass is 176 g/mol. The van der Waals surface area contributed by atoms with E-state index in [1.165, 1.54) is 6.26 Å². The van der Waals surface area contributed by atoms with Crippen molar-refractivity contribution in [1.29, 1.82) is 0 Å². The Bertz CT molecular complexity index is 346. The molecule has 0 aliphatic carbocycles.